The number of rotatable bonds is 3. The molecule has 2 amide bonds. The number of amides is 2. The van der Waals surface area contributed by atoms with Crippen LogP contribution >= 0.6 is 11.6 Å². The van der Waals surface area contributed by atoms with E-state index in [-0.39, 0.29) is 16.7 Å². The number of aromatic nitrogens is 2. The monoisotopic (exact) mass is 352 g/mol. The summed E-state index contributed by atoms with van der Waals surface area (Å²) in [7, 11) is 0. The number of hydrogen-bond donors (Lipinski definition) is 1. The van der Waals surface area contributed by atoms with Crippen LogP contribution in [0, 0.1) is 18.7 Å². The standard InChI is InChI=1S/C16H18ClFN4O2/c1-10-19-14(21-24-10)9-11-5-7-22(8-6-11)16(23)20-13-4-2-3-12(17)15(13)18/h2-4,11H,5-9H2,1H3,(H,20,23). The number of carbonyl (C=O) groups is 1. The number of aryl methyl sites for hydroxylation is 1. The highest BCUT2D eigenvalue weighted by Crippen LogP contribution is 2.24. The van der Waals surface area contributed by atoms with Gasteiger partial charge in [-0.05, 0) is 30.9 Å². The summed E-state index contributed by atoms with van der Waals surface area (Å²) in [6, 6.07) is 4.22. The highest BCUT2D eigenvalue weighted by molar-refractivity contribution is 6.31. The van der Waals surface area contributed by atoms with Gasteiger partial charge in [0.1, 0.15) is 0 Å². The van der Waals surface area contributed by atoms with Crippen molar-refractivity contribution in [1.82, 2.24) is 15.0 Å². The van der Waals surface area contributed by atoms with Crippen molar-refractivity contribution in [3.63, 3.8) is 0 Å². The smallest absolute Gasteiger partial charge is 0.321 e. The molecular weight excluding hydrogens is 335 g/mol. The van der Waals surface area contributed by atoms with E-state index in [9.17, 15) is 9.18 Å². The van der Waals surface area contributed by atoms with E-state index < -0.39 is 5.82 Å². The molecule has 0 atom stereocenters. The van der Waals surface area contributed by atoms with Crippen LogP contribution in [-0.2, 0) is 6.42 Å². The quantitative estimate of drug-likeness (QED) is 0.915. The molecule has 1 aliphatic rings. The van der Waals surface area contributed by atoms with Gasteiger partial charge in [-0.25, -0.2) is 9.18 Å². The van der Waals surface area contributed by atoms with Crippen molar-refractivity contribution in [2.75, 3.05) is 18.4 Å². The Labute approximate surface area is 144 Å². The van der Waals surface area contributed by atoms with Crippen molar-refractivity contribution in [1.29, 1.82) is 0 Å². The summed E-state index contributed by atoms with van der Waals surface area (Å²) in [5.41, 5.74) is 0.0943. The fourth-order valence-corrected chi connectivity index (χ4v) is 2.99. The number of urea groups is 1. The highest BCUT2D eigenvalue weighted by Gasteiger charge is 2.24. The molecule has 0 spiro atoms. The molecule has 128 valence electrons. The Balaban J connectivity index is 1.52. The minimum atomic E-state index is -0.616. The molecule has 0 radical (unpaired) electrons. The second-order valence-corrected chi connectivity index (χ2v) is 6.30. The van der Waals surface area contributed by atoms with Crippen molar-refractivity contribution in [3.05, 3.63) is 40.8 Å². The lowest BCUT2D eigenvalue weighted by Gasteiger charge is -2.31. The van der Waals surface area contributed by atoms with E-state index in [0.29, 0.717) is 30.7 Å². The Morgan fingerprint density at radius 3 is 2.88 bits per heavy atom. The van der Waals surface area contributed by atoms with Gasteiger partial charge in [0.25, 0.3) is 0 Å². The minimum absolute atomic E-state index is 0.0121. The predicted octanol–water partition coefficient (Wildman–Crippen LogP) is 3.66. The minimum Gasteiger partial charge on any atom is -0.340 e. The first kappa shape index (κ1) is 16.7. The number of halogens is 2. The SMILES string of the molecule is Cc1nc(CC2CCN(C(=O)Nc3cccc(Cl)c3F)CC2)no1. The summed E-state index contributed by atoms with van der Waals surface area (Å²) in [5.74, 6) is 1.06. The Bertz CT molecular complexity index is 729. The lowest BCUT2D eigenvalue weighted by atomic mass is 9.93. The van der Waals surface area contributed by atoms with Gasteiger partial charge in [-0.1, -0.05) is 22.8 Å². The third-order valence-electron chi connectivity index (χ3n) is 4.14. The number of hydrogen-bond acceptors (Lipinski definition) is 4. The number of nitrogens with one attached hydrogen (secondary N) is 1. The molecule has 2 heterocycles. The van der Waals surface area contributed by atoms with Crippen LogP contribution in [0.1, 0.15) is 24.6 Å². The average molecular weight is 353 g/mol. The van der Waals surface area contributed by atoms with Crippen LogP contribution in [0.4, 0.5) is 14.9 Å². The second-order valence-electron chi connectivity index (χ2n) is 5.90. The van der Waals surface area contributed by atoms with Gasteiger partial charge in [-0.2, -0.15) is 4.98 Å². The third-order valence-corrected chi connectivity index (χ3v) is 4.43. The lowest BCUT2D eigenvalue weighted by Crippen LogP contribution is -2.41. The summed E-state index contributed by atoms with van der Waals surface area (Å²) < 4.78 is 18.8. The molecule has 1 aromatic carbocycles. The van der Waals surface area contributed by atoms with Crippen LogP contribution in [-0.4, -0.2) is 34.2 Å². The first-order valence-electron chi connectivity index (χ1n) is 7.82. The van der Waals surface area contributed by atoms with Gasteiger partial charge in [-0.3, -0.25) is 0 Å². The molecule has 0 aliphatic carbocycles. The molecule has 24 heavy (non-hydrogen) atoms. The molecule has 0 bridgehead atoms. The maximum atomic E-state index is 13.8. The molecule has 1 N–H and O–H groups in total. The fourth-order valence-electron chi connectivity index (χ4n) is 2.82. The van der Waals surface area contributed by atoms with Gasteiger partial charge in [0.2, 0.25) is 5.89 Å². The van der Waals surface area contributed by atoms with Gasteiger partial charge in [-0.15, -0.1) is 0 Å². The second kappa shape index (κ2) is 7.17. The van der Waals surface area contributed by atoms with E-state index in [1.807, 2.05) is 0 Å². The lowest BCUT2D eigenvalue weighted by molar-refractivity contribution is 0.181. The van der Waals surface area contributed by atoms with Crippen LogP contribution < -0.4 is 5.32 Å². The first-order chi connectivity index (χ1) is 11.5. The molecule has 2 aromatic rings. The van der Waals surface area contributed by atoms with Crippen molar-refractivity contribution in [2.24, 2.45) is 5.92 Å². The van der Waals surface area contributed by atoms with E-state index in [1.165, 1.54) is 12.1 Å². The zero-order chi connectivity index (χ0) is 17.1. The zero-order valence-corrected chi connectivity index (χ0v) is 14.0. The van der Waals surface area contributed by atoms with Crippen molar-refractivity contribution < 1.29 is 13.7 Å². The normalized spacial score (nSPS) is 15.5. The fraction of sp³-hybridized carbons (Fsp3) is 0.438. The number of benzene rings is 1. The number of carbonyl (C=O) groups excluding carboxylic acids is 1. The topological polar surface area (TPSA) is 71.3 Å². The van der Waals surface area contributed by atoms with Crippen LogP contribution in [0.3, 0.4) is 0 Å². The number of nitrogens with zero attached hydrogens (tertiary/aromatic N) is 3. The van der Waals surface area contributed by atoms with Crippen molar-refractivity contribution in [2.45, 2.75) is 26.2 Å². The molecule has 0 unspecified atom stereocenters. The van der Waals surface area contributed by atoms with E-state index in [2.05, 4.69) is 15.5 Å². The van der Waals surface area contributed by atoms with Gasteiger partial charge < -0.3 is 14.7 Å². The van der Waals surface area contributed by atoms with Gasteiger partial charge in [0, 0.05) is 26.4 Å². The summed E-state index contributed by atoms with van der Waals surface area (Å²) in [5, 5.41) is 6.47. The summed E-state index contributed by atoms with van der Waals surface area (Å²) in [4.78, 5) is 18.2. The van der Waals surface area contributed by atoms with Crippen LogP contribution in [0.25, 0.3) is 0 Å². The number of anilines is 1. The maximum Gasteiger partial charge on any atom is 0.321 e. The average Bonchev–Trinajstić information content (AvgIpc) is 2.97. The Hall–Kier alpha value is -2.15. The molecule has 6 nitrogen and oxygen atoms in total. The van der Waals surface area contributed by atoms with Gasteiger partial charge in [0.05, 0.1) is 10.7 Å². The molecule has 1 fully saturated rings. The Kier molecular flexibility index (Phi) is 4.99. The summed E-state index contributed by atoms with van der Waals surface area (Å²) in [6.45, 7) is 2.98. The zero-order valence-electron chi connectivity index (χ0n) is 13.3. The van der Waals surface area contributed by atoms with E-state index in [1.54, 1.807) is 17.9 Å². The van der Waals surface area contributed by atoms with E-state index in [4.69, 9.17) is 16.1 Å². The Morgan fingerprint density at radius 1 is 1.46 bits per heavy atom. The van der Waals surface area contributed by atoms with E-state index in [0.717, 1.165) is 19.3 Å². The van der Waals surface area contributed by atoms with Crippen molar-refractivity contribution in [3.8, 4) is 0 Å². The number of likely N-dealkylation sites (tertiary alicyclic amines) is 1. The van der Waals surface area contributed by atoms with Gasteiger partial charge >= 0.3 is 6.03 Å². The maximum absolute atomic E-state index is 13.8. The Morgan fingerprint density at radius 2 is 2.21 bits per heavy atom. The highest BCUT2D eigenvalue weighted by atomic mass is 35.5. The van der Waals surface area contributed by atoms with E-state index >= 15 is 0 Å². The first-order valence-corrected chi connectivity index (χ1v) is 8.20. The molecular formula is C16H18ClFN4O2. The van der Waals surface area contributed by atoms with Crippen molar-refractivity contribution >= 4 is 23.3 Å². The molecule has 1 saturated heterocycles. The summed E-state index contributed by atoms with van der Waals surface area (Å²) >= 11 is 5.72. The predicted molar refractivity (Wildman–Crippen MR) is 87.5 cm³/mol. The molecule has 1 aliphatic heterocycles. The largest absolute Gasteiger partial charge is 0.340 e. The summed E-state index contributed by atoms with van der Waals surface area (Å²) in [6.07, 6.45) is 2.44. The molecule has 3 rings (SSSR count). The van der Waals surface area contributed by atoms with Crippen LogP contribution in [0.5, 0.6) is 0 Å². The molecule has 0 saturated carbocycles. The van der Waals surface area contributed by atoms with Crippen LogP contribution in [0.15, 0.2) is 22.7 Å². The van der Waals surface area contributed by atoms with Crippen LogP contribution in [0.2, 0.25) is 5.02 Å². The van der Waals surface area contributed by atoms with Gasteiger partial charge in [0.15, 0.2) is 11.6 Å². The molecule has 1 aromatic heterocycles. The number of piperidine rings is 1. The molecule has 8 heteroatoms. The third kappa shape index (κ3) is 3.84.